The van der Waals surface area contributed by atoms with Crippen LogP contribution in [-0.2, 0) is 16.1 Å². The summed E-state index contributed by atoms with van der Waals surface area (Å²) in [6, 6.07) is 4.62. The van der Waals surface area contributed by atoms with Crippen molar-refractivity contribution >= 4 is 0 Å². The van der Waals surface area contributed by atoms with E-state index in [9.17, 15) is 4.39 Å². The molecule has 98 valence electrons. The fourth-order valence-electron chi connectivity index (χ4n) is 1.41. The van der Waals surface area contributed by atoms with Gasteiger partial charge >= 0.3 is 0 Å². The zero-order chi connectivity index (χ0) is 13.4. The summed E-state index contributed by atoms with van der Waals surface area (Å²) in [6.07, 6.45) is -0.0213. The van der Waals surface area contributed by atoms with E-state index >= 15 is 0 Å². The zero-order valence-corrected chi connectivity index (χ0v) is 10.6. The van der Waals surface area contributed by atoms with Crippen LogP contribution in [0.3, 0.4) is 0 Å². The molecule has 0 aromatic heterocycles. The molecule has 1 aromatic carbocycles. The lowest BCUT2D eigenvalue weighted by Gasteiger charge is -2.12. The Hall–Kier alpha value is -1.41. The van der Waals surface area contributed by atoms with Gasteiger partial charge < -0.3 is 14.6 Å². The average molecular weight is 252 g/mol. The highest BCUT2D eigenvalue weighted by atomic mass is 19.1. The summed E-state index contributed by atoms with van der Waals surface area (Å²) >= 11 is 0. The lowest BCUT2D eigenvalue weighted by atomic mass is 10.1. The molecule has 0 bridgehead atoms. The van der Waals surface area contributed by atoms with Gasteiger partial charge in [0.15, 0.2) is 0 Å². The van der Waals surface area contributed by atoms with Gasteiger partial charge in [0, 0.05) is 7.11 Å². The molecular formula is C14H17FO3. The Labute approximate surface area is 107 Å². The van der Waals surface area contributed by atoms with Gasteiger partial charge in [-0.15, -0.1) is 0 Å². The van der Waals surface area contributed by atoms with Crippen molar-refractivity contribution in [2.75, 3.05) is 20.3 Å². The average Bonchev–Trinajstić information content (AvgIpc) is 2.36. The highest BCUT2D eigenvalue weighted by Gasteiger charge is 2.04. The Morgan fingerprint density at radius 2 is 2.22 bits per heavy atom. The minimum Gasteiger partial charge on any atom is -0.384 e. The number of aliphatic hydroxyl groups is 1. The van der Waals surface area contributed by atoms with Crippen LogP contribution in [0.2, 0.25) is 0 Å². The molecule has 1 atom stereocenters. The fraction of sp³-hybridized carbons (Fsp3) is 0.429. The van der Waals surface area contributed by atoms with Crippen LogP contribution in [0.15, 0.2) is 18.2 Å². The molecule has 0 radical (unpaired) electrons. The molecular weight excluding hydrogens is 235 g/mol. The normalized spacial score (nSPS) is 11.8. The summed E-state index contributed by atoms with van der Waals surface area (Å²) < 4.78 is 23.8. The topological polar surface area (TPSA) is 38.7 Å². The molecule has 0 aliphatic rings. The van der Waals surface area contributed by atoms with Crippen molar-refractivity contribution in [2.24, 2.45) is 0 Å². The van der Waals surface area contributed by atoms with Gasteiger partial charge in [-0.05, 0) is 24.6 Å². The predicted molar refractivity (Wildman–Crippen MR) is 66.5 cm³/mol. The number of methoxy groups -OCH3 is 1. The first-order valence-electron chi connectivity index (χ1n) is 5.66. The Balaban J connectivity index is 2.67. The van der Waals surface area contributed by atoms with Crippen LogP contribution in [0.1, 0.15) is 18.1 Å². The largest absolute Gasteiger partial charge is 0.384 e. The van der Waals surface area contributed by atoms with Crippen molar-refractivity contribution in [1.29, 1.82) is 0 Å². The van der Waals surface area contributed by atoms with E-state index in [1.54, 1.807) is 19.2 Å². The Morgan fingerprint density at radius 1 is 1.44 bits per heavy atom. The van der Waals surface area contributed by atoms with Gasteiger partial charge in [0.2, 0.25) is 0 Å². The van der Waals surface area contributed by atoms with Crippen LogP contribution >= 0.6 is 0 Å². The van der Waals surface area contributed by atoms with Gasteiger partial charge in [-0.25, -0.2) is 4.39 Å². The molecule has 0 saturated heterocycles. The van der Waals surface area contributed by atoms with E-state index in [2.05, 4.69) is 11.8 Å². The van der Waals surface area contributed by atoms with Crippen molar-refractivity contribution in [3.63, 3.8) is 0 Å². The van der Waals surface area contributed by atoms with Crippen molar-refractivity contribution < 1.29 is 19.0 Å². The SMILES string of the molecule is COCC(C)OCc1ccc(F)c(C#CCO)c1. The van der Waals surface area contributed by atoms with E-state index in [1.165, 1.54) is 6.07 Å². The molecule has 4 heteroatoms. The van der Waals surface area contributed by atoms with Gasteiger partial charge in [-0.3, -0.25) is 0 Å². The predicted octanol–water partition coefficient (Wildman–Crippen LogP) is 1.72. The maximum atomic E-state index is 13.4. The summed E-state index contributed by atoms with van der Waals surface area (Å²) in [4.78, 5) is 0. The Morgan fingerprint density at radius 3 is 2.89 bits per heavy atom. The van der Waals surface area contributed by atoms with Crippen LogP contribution < -0.4 is 0 Å². The summed E-state index contributed by atoms with van der Waals surface area (Å²) in [6.45, 7) is 2.50. The molecule has 0 saturated carbocycles. The van der Waals surface area contributed by atoms with Crippen molar-refractivity contribution in [3.05, 3.63) is 35.1 Å². The second-order valence-electron chi connectivity index (χ2n) is 3.85. The van der Waals surface area contributed by atoms with Crippen LogP contribution in [-0.4, -0.2) is 31.5 Å². The fourth-order valence-corrected chi connectivity index (χ4v) is 1.41. The van der Waals surface area contributed by atoms with E-state index in [0.29, 0.717) is 13.2 Å². The second-order valence-corrected chi connectivity index (χ2v) is 3.85. The van der Waals surface area contributed by atoms with E-state index in [-0.39, 0.29) is 18.3 Å². The number of benzene rings is 1. The number of hydrogen-bond donors (Lipinski definition) is 1. The second kappa shape index (κ2) is 7.83. The molecule has 1 N–H and O–H groups in total. The van der Waals surface area contributed by atoms with Crippen LogP contribution in [0.25, 0.3) is 0 Å². The lowest BCUT2D eigenvalue weighted by molar-refractivity contribution is -0.000147. The third-order valence-electron chi connectivity index (χ3n) is 2.27. The molecule has 3 nitrogen and oxygen atoms in total. The quantitative estimate of drug-likeness (QED) is 0.811. The number of ether oxygens (including phenoxy) is 2. The zero-order valence-electron chi connectivity index (χ0n) is 10.6. The molecule has 1 aromatic rings. The number of aliphatic hydroxyl groups excluding tert-OH is 1. The first-order chi connectivity index (χ1) is 8.67. The molecule has 0 aliphatic heterocycles. The standard InChI is InChI=1S/C14H17FO3/c1-11(9-17-2)18-10-12-5-6-14(15)13(8-12)4-3-7-16/h5-6,8,11,16H,7,9-10H2,1-2H3. The molecule has 1 unspecified atom stereocenters. The van der Waals surface area contributed by atoms with Crippen molar-refractivity contribution in [1.82, 2.24) is 0 Å². The summed E-state index contributed by atoms with van der Waals surface area (Å²) in [7, 11) is 1.61. The maximum Gasteiger partial charge on any atom is 0.138 e. The van der Waals surface area contributed by atoms with E-state index in [1.807, 2.05) is 6.92 Å². The van der Waals surface area contributed by atoms with Gasteiger partial charge in [0.1, 0.15) is 12.4 Å². The molecule has 18 heavy (non-hydrogen) atoms. The summed E-state index contributed by atoms with van der Waals surface area (Å²) in [5.74, 6) is 4.58. The van der Waals surface area contributed by atoms with E-state index < -0.39 is 5.82 Å². The monoisotopic (exact) mass is 252 g/mol. The molecule has 0 amide bonds. The molecule has 0 spiro atoms. The Kier molecular flexibility index (Phi) is 6.37. The van der Waals surface area contributed by atoms with E-state index in [0.717, 1.165) is 5.56 Å². The van der Waals surface area contributed by atoms with Gasteiger partial charge in [-0.2, -0.15) is 0 Å². The van der Waals surface area contributed by atoms with Crippen molar-refractivity contribution in [2.45, 2.75) is 19.6 Å². The minimum absolute atomic E-state index is 0.0213. The van der Waals surface area contributed by atoms with Crippen molar-refractivity contribution in [3.8, 4) is 11.8 Å². The highest BCUT2D eigenvalue weighted by Crippen LogP contribution is 2.11. The molecule has 0 heterocycles. The first kappa shape index (κ1) is 14.7. The molecule has 0 fully saturated rings. The lowest BCUT2D eigenvalue weighted by Crippen LogP contribution is -2.14. The maximum absolute atomic E-state index is 13.4. The number of halogens is 1. The Bertz CT molecular complexity index is 434. The third-order valence-corrected chi connectivity index (χ3v) is 2.27. The molecule has 1 rings (SSSR count). The highest BCUT2D eigenvalue weighted by molar-refractivity contribution is 5.38. The third kappa shape index (κ3) is 4.84. The minimum atomic E-state index is -0.398. The van der Waals surface area contributed by atoms with E-state index in [4.69, 9.17) is 14.6 Å². The number of hydrogen-bond acceptors (Lipinski definition) is 3. The van der Waals surface area contributed by atoms with Gasteiger partial charge in [-0.1, -0.05) is 17.9 Å². The number of rotatable bonds is 5. The summed E-state index contributed by atoms with van der Waals surface area (Å²) in [5, 5.41) is 8.59. The van der Waals surface area contributed by atoms with Crippen LogP contribution in [0, 0.1) is 17.7 Å². The smallest absolute Gasteiger partial charge is 0.138 e. The van der Waals surface area contributed by atoms with Crippen LogP contribution in [0.5, 0.6) is 0 Å². The summed E-state index contributed by atoms with van der Waals surface area (Å²) in [5.41, 5.74) is 1.10. The molecule has 0 aliphatic carbocycles. The van der Waals surface area contributed by atoms with Gasteiger partial charge in [0.25, 0.3) is 0 Å². The van der Waals surface area contributed by atoms with Crippen LogP contribution in [0.4, 0.5) is 4.39 Å². The first-order valence-corrected chi connectivity index (χ1v) is 5.66. The van der Waals surface area contributed by atoms with Gasteiger partial charge in [0.05, 0.1) is 24.9 Å².